The van der Waals surface area contributed by atoms with Crippen LogP contribution >= 0.6 is 11.6 Å². The zero-order valence-corrected chi connectivity index (χ0v) is 6.29. The fourth-order valence-electron chi connectivity index (χ4n) is 0.796. The molecule has 0 aromatic heterocycles. The second kappa shape index (κ2) is 3.02. The molecule has 10 heavy (non-hydrogen) atoms. The molecule has 1 aliphatic carbocycles. The summed E-state index contributed by atoms with van der Waals surface area (Å²) in [7, 11) is 0. The average molecular weight is 159 g/mol. The lowest BCUT2D eigenvalue weighted by atomic mass is 10.1. The fourth-order valence-corrected chi connectivity index (χ4v) is 0.951. The van der Waals surface area contributed by atoms with Gasteiger partial charge in [0.1, 0.15) is 5.83 Å². The molecule has 0 radical (unpaired) electrons. The van der Waals surface area contributed by atoms with Crippen molar-refractivity contribution < 1.29 is 4.39 Å². The molecule has 0 spiro atoms. The predicted octanol–water partition coefficient (Wildman–Crippen LogP) is 3.31. The van der Waals surface area contributed by atoms with Gasteiger partial charge in [0.2, 0.25) is 0 Å². The maximum absolute atomic E-state index is 12.7. The Kier molecular flexibility index (Phi) is 2.28. The number of hydrogen-bond acceptors (Lipinski definition) is 0. The summed E-state index contributed by atoms with van der Waals surface area (Å²) >= 11 is 5.51. The zero-order valence-electron chi connectivity index (χ0n) is 5.53. The Morgan fingerprint density at radius 2 is 2.30 bits per heavy atom. The van der Waals surface area contributed by atoms with Crippen molar-refractivity contribution in [3.8, 4) is 0 Å². The van der Waals surface area contributed by atoms with E-state index in [-0.39, 0.29) is 17.3 Å². The van der Waals surface area contributed by atoms with E-state index < -0.39 is 0 Å². The zero-order chi connectivity index (χ0) is 7.56. The van der Waals surface area contributed by atoms with E-state index in [0.717, 1.165) is 12.0 Å². The van der Waals surface area contributed by atoms with Gasteiger partial charge in [0.05, 0.1) is 5.03 Å². The topological polar surface area (TPSA) is 0 Å². The van der Waals surface area contributed by atoms with Gasteiger partial charge in [0, 0.05) is 6.42 Å². The third-order valence-electron chi connectivity index (χ3n) is 1.34. The molecule has 0 bridgehead atoms. The van der Waals surface area contributed by atoms with Gasteiger partial charge in [-0.1, -0.05) is 29.8 Å². The Hall–Kier alpha value is -0.560. The van der Waals surface area contributed by atoms with E-state index in [4.69, 9.17) is 11.6 Å². The van der Waals surface area contributed by atoms with E-state index in [2.05, 4.69) is 6.58 Å². The number of halogens is 2. The van der Waals surface area contributed by atoms with Crippen LogP contribution in [-0.2, 0) is 0 Å². The van der Waals surface area contributed by atoms with E-state index in [9.17, 15) is 4.39 Å². The Balaban J connectivity index is 2.85. The minimum Gasteiger partial charge on any atom is -0.210 e. The Bertz CT molecular complexity index is 213. The predicted molar refractivity (Wildman–Crippen MR) is 41.5 cm³/mol. The lowest BCUT2D eigenvalue weighted by Crippen LogP contribution is -1.78. The summed E-state index contributed by atoms with van der Waals surface area (Å²) in [6.45, 7) is 3.67. The molecule has 0 saturated heterocycles. The molecule has 54 valence electrons. The van der Waals surface area contributed by atoms with Gasteiger partial charge < -0.3 is 0 Å². The van der Waals surface area contributed by atoms with Crippen LogP contribution < -0.4 is 0 Å². The molecule has 0 unspecified atom stereocenters. The van der Waals surface area contributed by atoms with Crippen LogP contribution in [0.5, 0.6) is 0 Å². The maximum Gasteiger partial charge on any atom is 0.122 e. The number of rotatable bonds is 0. The highest BCUT2D eigenvalue weighted by molar-refractivity contribution is 6.31. The molecule has 0 N–H and O–H groups in total. The van der Waals surface area contributed by atoms with E-state index in [1.54, 1.807) is 6.08 Å². The molecule has 0 fully saturated rings. The molecule has 2 heteroatoms. The smallest absolute Gasteiger partial charge is 0.122 e. The lowest BCUT2D eigenvalue weighted by Gasteiger charge is -1.95. The molecule has 1 rings (SSSR count). The van der Waals surface area contributed by atoms with Gasteiger partial charge in [-0.25, -0.2) is 4.39 Å². The highest BCUT2D eigenvalue weighted by atomic mass is 35.5. The highest BCUT2D eigenvalue weighted by Crippen LogP contribution is 2.24. The summed E-state index contributed by atoms with van der Waals surface area (Å²) in [6.07, 6.45) is 4.40. The summed E-state index contributed by atoms with van der Waals surface area (Å²) < 4.78 is 12.7. The van der Waals surface area contributed by atoms with E-state index in [1.807, 2.05) is 6.08 Å². The summed E-state index contributed by atoms with van der Waals surface area (Å²) in [6, 6.07) is 0. The standard InChI is InChI=1S/C8H8ClF/c1-6-3-2-4-7(9)8(10)5-6/h2,4H,1,3,5H2. The van der Waals surface area contributed by atoms with Gasteiger partial charge in [0.15, 0.2) is 0 Å². The van der Waals surface area contributed by atoms with Crippen LogP contribution in [0.15, 0.2) is 35.2 Å². The van der Waals surface area contributed by atoms with Crippen LogP contribution in [0.3, 0.4) is 0 Å². The van der Waals surface area contributed by atoms with Crippen molar-refractivity contribution in [3.05, 3.63) is 35.2 Å². The molecule has 0 atom stereocenters. The minimum atomic E-state index is -0.277. The second-order valence-corrected chi connectivity index (χ2v) is 2.69. The monoisotopic (exact) mass is 158 g/mol. The molecule has 0 aliphatic heterocycles. The molecular formula is C8H8ClF. The average Bonchev–Trinajstić information content (AvgIpc) is 1.96. The van der Waals surface area contributed by atoms with E-state index >= 15 is 0 Å². The first-order valence-electron chi connectivity index (χ1n) is 3.07. The van der Waals surface area contributed by atoms with Crippen molar-refractivity contribution in [2.75, 3.05) is 0 Å². The van der Waals surface area contributed by atoms with E-state index in [1.165, 1.54) is 0 Å². The number of hydrogen-bond donors (Lipinski definition) is 0. The van der Waals surface area contributed by atoms with Crippen molar-refractivity contribution in [1.29, 1.82) is 0 Å². The summed E-state index contributed by atoms with van der Waals surface area (Å²) in [4.78, 5) is 0. The van der Waals surface area contributed by atoms with Gasteiger partial charge in [-0.2, -0.15) is 0 Å². The van der Waals surface area contributed by atoms with Crippen LogP contribution in [0.1, 0.15) is 12.8 Å². The van der Waals surface area contributed by atoms with Crippen molar-refractivity contribution >= 4 is 11.6 Å². The Morgan fingerprint density at radius 1 is 1.60 bits per heavy atom. The van der Waals surface area contributed by atoms with Crippen LogP contribution in [-0.4, -0.2) is 0 Å². The summed E-state index contributed by atoms with van der Waals surface area (Å²) in [5.74, 6) is -0.277. The van der Waals surface area contributed by atoms with Gasteiger partial charge in [-0.05, 0) is 12.5 Å². The van der Waals surface area contributed by atoms with Crippen LogP contribution in [0.4, 0.5) is 4.39 Å². The van der Waals surface area contributed by atoms with E-state index in [0.29, 0.717) is 0 Å². The molecule has 0 saturated carbocycles. The first-order chi connectivity index (χ1) is 4.70. The van der Waals surface area contributed by atoms with Gasteiger partial charge >= 0.3 is 0 Å². The van der Waals surface area contributed by atoms with Crippen LogP contribution in [0, 0.1) is 0 Å². The first-order valence-corrected chi connectivity index (χ1v) is 3.45. The van der Waals surface area contributed by atoms with Gasteiger partial charge in [0.25, 0.3) is 0 Å². The van der Waals surface area contributed by atoms with Crippen LogP contribution in [0.25, 0.3) is 0 Å². The highest BCUT2D eigenvalue weighted by Gasteiger charge is 2.06. The normalized spacial score (nSPS) is 19.6. The SMILES string of the molecule is C=C1CC=CC(Cl)=C(F)C1. The van der Waals surface area contributed by atoms with Gasteiger partial charge in [-0.15, -0.1) is 0 Å². The van der Waals surface area contributed by atoms with Crippen molar-refractivity contribution in [1.82, 2.24) is 0 Å². The molecule has 0 heterocycles. The minimum absolute atomic E-state index is 0.207. The molecule has 1 aliphatic rings. The summed E-state index contributed by atoms with van der Waals surface area (Å²) in [5, 5.41) is 0.207. The number of allylic oxidation sites excluding steroid dienone is 5. The molecule has 0 aromatic rings. The molecular weight excluding hydrogens is 151 g/mol. The largest absolute Gasteiger partial charge is 0.210 e. The van der Waals surface area contributed by atoms with Crippen molar-refractivity contribution in [3.63, 3.8) is 0 Å². The van der Waals surface area contributed by atoms with Crippen molar-refractivity contribution in [2.24, 2.45) is 0 Å². The second-order valence-electron chi connectivity index (χ2n) is 2.29. The Labute approximate surface area is 64.7 Å². The third kappa shape index (κ3) is 1.71. The van der Waals surface area contributed by atoms with Gasteiger partial charge in [-0.3, -0.25) is 0 Å². The molecule has 0 nitrogen and oxygen atoms in total. The molecule has 0 aromatic carbocycles. The lowest BCUT2D eigenvalue weighted by molar-refractivity contribution is 0.608. The Morgan fingerprint density at radius 3 is 3.00 bits per heavy atom. The van der Waals surface area contributed by atoms with Crippen LogP contribution in [0.2, 0.25) is 0 Å². The van der Waals surface area contributed by atoms with Crippen molar-refractivity contribution in [2.45, 2.75) is 12.8 Å². The fraction of sp³-hybridized carbons (Fsp3) is 0.250. The summed E-state index contributed by atoms with van der Waals surface area (Å²) in [5.41, 5.74) is 0.865. The maximum atomic E-state index is 12.7. The third-order valence-corrected chi connectivity index (χ3v) is 1.67. The molecule has 0 amide bonds. The first kappa shape index (κ1) is 7.55. The quantitative estimate of drug-likeness (QED) is 0.475.